The number of rotatable bonds is 15. The van der Waals surface area contributed by atoms with Crippen LogP contribution in [0.15, 0.2) is 48.6 Å². The third-order valence-electron chi connectivity index (χ3n) is 6.39. The van der Waals surface area contributed by atoms with Crippen LogP contribution in [0.2, 0.25) is 0 Å². The lowest BCUT2D eigenvalue weighted by Gasteiger charge is -2.39. The summed E-state index contributed by atoms with van der Waals surface area (Å²) in [6.07, 6.45) is 19.3. The zero-order valence-corrected chi connectivity index (χ0v) is 23.8. The van der Waals surface area contributed by atoms with E-state index in [0.29, 0.717) is 25.8 Å². The Morgan fingerprint density at radius 2 is 1.34 bits per heavy atom. The van der Waals surface area contributed by atoms with E-state index in [0.717, 1.165) is 0 Å². The molecule has 4 heteroatoms. The summed E-state index contributed by atoms with van der Waals surface area (Å²) in [6, 6.07) is 0. The van der Waals surface area contributed by atoms with Crippen LogP contribution in [0.3, 0.4) is 0 Å². The van der Waals surface area contributed by atoms with Crippen molar-refractivity contribution in [1.82, 2.24) is 5.32 Å². The molecule has 0 aliphatic rings. The Hall–Kier alpha value is -2.38. The number of hydrogen-bond acceptors (Lipinski definition) is 4. The molecule has 0 rings (SSSR count). The predicted molar refractivity (Wildman–Crippen MR) is 148 cm³/mol. The molecule has 1 unspecified atom stereocenters. The van der Waals surface area contributed by atoms with Crippen LogP contribution >= 0.6 is 0 Å². The maximum atomic E-state index is 14.1. The van der Waals surface area contributed by atoms with Crippen LogP contribution in [0, 0.1) is 39.6 Å². The summed E-state index contributed by atoms with van der Waals surface area (Å²) >= 11 is 0. The van der Waals surface area contributed by atoms with Crippen LogP contribution < -0.4 is 5.32 Å². The number of ketones is 2. The van der Waals surface area contributed by atoms with Crippen LogP contribution in [0.4, 0.5) is 0 Å². The monoisotopic (exact) mass is 483 g/mol. The first-order chi connectivity index (χ1) is 16.2. The molecule has 35 heavy (non-hydrogen) atoms. The zero-order valence-electron chi connectivity index (χ0n) is 23.8. The normalized spacial score (nSPS) is 17.4. The number of aliphatic hydroxyl groups is 1. The van der Waals surface area contributed by atoms with E-state index < -0.39 is 10.8 Å². The van der Waals surface area contributed by atoms with Crippen LogP contribution in [0.5, 0.6) is 0 Å². The summed E-state index contributed by atoms with van der Waals surface area (Å²) in [5.41, 5.74) is -2.59. The van der Waals surface area contributed by atoms with Gasteiger partial charge in [0.15, 0.2) is 0 Å². The molecule has 0 saturated heterocycles. The topological polar surface area (TPSA) is 66.4 Å². The Labute approximate surface area is 215 Å². The standard InChI is InChI=1S/C31H49NO3/c1-11-16-30(17-12-2,24-32-10)23-29(8,9)26(34)27(35)31(18-13-3,19-14-4)22-28(6,7)21-25(5)15-20-33/h11-14,16-19,25,32-33H,21-24H2,1-10H3. The fourth-order valence-electron chi connectivity index (χ4n) is 5.62. The van der Waals surface area contributed by atoms with Crippen molar-refractivity contribution >= 4 is 11.6 Å². The lowest BCUT2D eigenvalue weighted by Crippen LogP contribution is -2.45. The number of Topliss-reactive ketones (excluding diaryl/α,β-unsaturated/α-hetero) is 2. The van der Waals surface area contributed by atoms with Gasteiger partial charge in [0.2, 0.25) is 11.6 Å². The van der Waals surface area contributed by atoms with Gasteiger partial charge in [-0.2, -0.15) is 0 Å². The molecule has 196 valence electrons. The van der Waals surface area contributed by atoms with Crippen LogP contribution in [-0.2, 0) is 9.59 Å². The fraction of sp³-hybridized carbons (Fsp3) is 0.613. The molecule has 1 atom stereocenters. The highest BCUT2D eigenvalue weighted by atomic mass is 16.2. The molecule has 0 heterocycles. The van der Waals surface area contributed by atoms with Gasteiger partial charge >= 0.3 is 0 Å². The van der Waals surface area contributed by atoms with Gasteiger partial charge in [0.05, 0.1) is 5.41 Å². The fourth-order valence-corrected chi connectivity index (χ4v) is 5.62. The van der Waals surface area contributed by atoms with Crippen LogP contribution in [-0.4, -0.2) is 30.3 Å². The number of aliphatic hydroxyl groups excluding tert-OH is 1. The van der Waals surface area contributed by atoms with Crippen molar-refractivity contribution in [2.75, 3.05) is 13.6 Å². The van der Waals surface area contributed by atoms with Crippen molar-refractivity contribution in [1.29, 1.82) is 0 Å². The van der Waals surface area contributed by atoms with E-state index in [1.807, 2.05) is 98.1 Å². The minimum atomic E-state index is -1.04. The summed E-state index contributed by atoms with van der Waals surface area (Å²) in [5, 5.41) is 12.2. The first kappa shape index (κ1) is 32.6. The molecular weight excluding hydrogens is 434 g/mol. The smallest absolute Gasteiger partial charge is 0.212 e. The number of hydrogen-bond donors (Lipinski definition) is 2. The number of carbonyl (C=O) groups is 2. The molecule has 0 fully saturated rings. The Morgan fingerprint density at radius 3 is 1.74 bits per heavy atom. The molecule has 4 nitrogen and oxygen atoms in total. The van der Waals surface area contributed by atoms with E-state index >= 15 is 0 Å². The molecule has 0 aromatic heterocycles. The summed E-state index contributed by atoms with van der Waals surface area (Å²) < 4.78 is 0. The SMILES string of the molecule is CC=CC(C=CC)(CNC)CC(C)(C)C(=O)C(=O)C(C=CC)(C=CC)CC(C)(C)CC(C)C#CO. The highest BCUT2D eigenvalue weighted by Crippen LogP contribution is 2.44. The molecule has 0 saturated carbocycles. The van der Waals surface area contributed by atoms with E-state index in [2.05, 4.69) is 37.2 Å². The Bertz CT molecular complexity index is 851. The molecule has 0 aromatic rings. The van der Waals surface area contributed by atoms with Gasteiger partial charge < -0.3 is 10.4 Å². The molecule has 0 aliphatic heterocycles. The first-order valence-corrected chi connectivity index (χ1v) is 12.7. The van der Waals surface area contributed by atoms with Crippen molar-refractivity contribution in [3.8, 4) is 12.0 Å². The number of nitrogens with one attached hydrogen (secondary N) is 1. The largest absolute Gasteiger partial charge is 0.462 e. The number of carbonyl (C=O) groups excluding carboxylic acids is 2. The van der Waals surface area contributed by atoms with Gasteiger partial charge in [-0.25, -0.2) is 0 Å². The maximum absolute atomic E-state index is 14.1. The molecule has 0 bridgehead atoms. The zero-order chi connectivity index (χ0) is 27.3. The lowest BCUT2D eigenvalue weighted by atomic mass is 9.62. The average Bonchev–Trinajstić information content (AvgIpc) is 2.72. The van der Waals surface area contributed by atoms with Gasteiger partial charge in [-0.05, 0) is 59.4 Å². The van der Waals surface area contributed by atoms with Crippen molar-refractivity contribution in [3.63, 3.8) is 0 Å². The van der Waals surface area contributed by atoms with E-state index in [9.17, 15) is 9.59 Å². The second-order valence-electron chi connectivity index (χ2n) is 11.2. The Kier molecular flexibility index (Phi) is 13.3. The van der Waals surface area contributed by atoms with Crippen molar-refractivity contribution in [2.24, 2.45) is 27.6 Å². The number of allylic oxidation sites excluding steroid dienone is 6. The highest BCUT2D eigenvalue weighted by Gasteiger charge is 2.47. The van der Waals surface area contributed by atoms with E-state index in [4.69, 9.17) is 5.11 Å². The molecule has 0 spiro atoms. The summed E-state index contributed by atoms with van der Waals surface area (Å²) in [7, 11) is 1.90. The third-order valence-corrected chi connectivity index (χ3v) is 6.39. The van der Waals surface area contributed by atoms with E-state index in [1.165, 1.54) is 0 Å². The second-order valence-corrected chi connectivity index (χ2v) is 11.2. The molecule has 2 N–H and O–H groups in total. The summed E-state index contributed by atoms with van der Waals surface area (Å²) in [6.45, 7) is 18.3. The lowest BCUT2D eigenvalue weighted by molar-refractivity contribution is -0.146. The quantitative estimate of drug-likeness (QED) is 0.152. The molecule has 0 aromatic carbocycles. The van der Waals surface area contributed by atoms with Crippen molar-refractivity contribution in [3.05, 3.63) is 48.6 Å². The Morgan fingerprint density at radius 1 is 0.857 bits per heavy atom. The minimum absolute atomic E-state index is 0.0324. The van der Waals surface area contributed by atoms with Gasteiger partial charge in [-0.3, -0.25) is 9.59 Å². The average molecular weight is 484 g/mol. The predicted octanol–water partition coefficient (Wildman–Crippen LogP) is 6.81. The van der Waals surface area contributed by atoms with Gasteiger partial charge in [-0.1, -0.05) is 89.1 Å². The summed E-state index contributed by atoms with van der Waals surface area (Å²) in [5.74, 6) is 2.01. The van der Waals surface area contributed by atoms with Gasteiger partial charge in [0, 0.05) is 23.3 Å². The van der Waals surface area contributed by atoms with E-state index in [1.54, 1.807) is 0 Å². The Balaban J connectivity index is 6.46. The first-order valence-electron chi connectivity index (χ1n) is 12.7. The summed E-state index contributed by atoms with van der Waals surface area (Å²) in [4.78, 5) is 28.0. The molecule has 0 radical (unpaired) electrons. The second kappa shape index (κ2) is 14.2. The highest BCUT2D eigenvalue weighted by molar-refractivity contribution is 6.41. The van der Waals surface area contributed by atoms with Crippen molar-refractivity contribution in [2.45, 2.75) is 81.6 Å². The van der Waals surface area contributed by atoms with Gasteiger partial charge in [0.25, 0.3) is 0 Å². The van der Waals surface area contributed by atoms with Crippen molar-refractivity contribution < 1.29 is 14.7 Å². The minimum Gasteiger partial charge on any atom is -0.462 e. The third kappa shape index (κ3) is 9.65. The van der Waals surface area contributed by atoms with Gasteiger partial charge in [-0.15, -0.1) is 0 Å². The van der Waals surface area contributed by atoms with Crippen LogP contribution in [0.25, 0.3) is 0 Å². The molecule has 0 amide bonds. The van der Waals surface area contributed by atoms with Gasteiger partial charge in [0.1, 0.15) is 6.11 Å². The maximum Gasteiger partial charge on any atom is 0.212 e. The molecular formula is C31H49NO3. The van der Waals surface area contributed by atoms with Crippen LogP contribution in [0.1, 0.15) is 81.6 Å². The van der Waals surface area contributed by atoms with E-state index in [-0.39, 0.29) is 28.3 Å². The molecule has 0 aliphatic carbocycles.